The van der Waals surface area contributed by atoms with Gasteiger partial charge in [0, 0.05) is 29.8 Å². The Hall–Kier alpha value is -1.17. The third kappa shape index (κ3) is 2.02. The average molecular weight is 286 g/mol. The highest BCUT2D eigenvalue weighted by atomic mass is 79.9. The maximum Gasteiger partial charge on any atom is 0.312 e. The van der Waals surface area contributed by atoms with E-state index in [1.807, 2.05) is 11.9 Å². The Balaban J connectivity index is 2.34. The van der Waals surface area contributed by atoms with Gasteiger partial charge < -0.3 is 4.90 Å². The fraction of sp³-hybridized carbons (Fsp3) is 0.500. The van der Waals surface area contributed by atoms with Gasteiger partial charge in [0.25, 0.3) is 0 Å². The number of hydrogen-bond acceptors (Lipinski definition) is 4. The van der Waals surface area contributed by atoms with Crippen LogP contribution in [0.3, 0.4) is 0 Å². The summed E-state index contributed by atoms with van der Waals surface area (Å²) < 4.78 is 0.630. The summed E-state index contributed by atoms with van der Waals surface area (Å²) in [6.45, 7) is 0. The number of rotatable bonds is 3. The monoisotopic (exact) mass is 285 g/mol. The van der Waals surface area contributed by atoms with E-state index in [0.29, 0.717) is 16.3 Å². The largest absolute Gasteiger partial charge is 0.351 e. The highest BCUT2D eigenvalue weighted by Gasteiger charge is 2.28. The van der Waals surface area contributed by atoms with Crippen LogP contribution in [-0.4, -0.2) is 23.0 Å². The molecule has 0 aromatic carbocycles. The Morgan fingerprint density at radius 1 is 1.62 bits per heavy atom. The van der Waals surface area contributed by atoms with Gasteiger partial charge in [-0.25, -0.2) is 4.98 Å². The molecule has 0 spiro atoms. The molecule has 0 amide bonds. The highest BCUT2D eigenvalue weighted by Crippen LogP contribution is 2.33. The van der Waals surface area contributed by atoms with Crippen LogP contribution in [0.25, 0.3) is 0 Å². The molecule has 86 valence electrons. The average Bonchev–Trinajstić information content (AvgIpc) is 2.14. The molecule has 1 aromatic rings. The third-order valence-electron chi connectivity index (χ3n) is 2.97. The molecule has 1 aliphatic carbocycles. The van der Waals surface area contributed by atoms with Crippen LogP contribution >= 0.6 is 15.9 Å². The van der Waals surface area contributed by atoms with Gasteiger partial charge in [-0.15, -0.1) is 0 Å². The summed E-state index contributed by atoms with van der Waals surface area (Å²) in [5, 5.41) is 10.9. The van der Waals surface area contributed by atoms with Crippen LogP contribution in [0.15, 0.2) is 16.7 Å². The van der Waals surface area contributed by atoms with Gasteiger partial charge in [0.15, 0.2) is 0 Å². The van der Waals surface area contributed by atoms with E-state index in [2.05, 4.69) is 20.9 Å². The van der Waals surface area contributed by atoms with Crippen molar-refractivity contribution in [2.45, 2.75) is 25.3 Å². The maximum atomic E-state index is 10.9. The summed E-state index contributed by atoms with van der Waals surface area (Å²) in [5.74, 6) is 0.456. The molecule has 0 N–H and O–H groups in total. The minimum atomic E-state index is -0.387. The summed E-state index contributed by atoms with van der Waals surface area (Å²) in [6.07, 6.45) is 4.97. The number of anilines is 1. The van der Waals surface area contributed by atoms with Crippen molar-refractivity contribution in [2.24, 2.45) is 0 Å². The summed E-state index contributed by atoms with van der Waals surface area (Å²) in [5.41, 5.74) is 0.0591. The smallest absolute Gasteiger partial charge is 0.312 e. The first kappa shape index (κ1) is 11.3. The predicted molar refractivity (Wildman–Crippen MR) is 64.6 cm³/mol. The van der Waals surface area contributed by atoms with Gasteiger partial charge in [0.05, 0.1) is 4.92 Å². The number of hydrogen-bond donors (Lipinski definition) is 0. The van der Waals surface area contributed by atoms with E-state index in [9.17, 15) is 10.1 Å². The van der Waals surface area contributed by atoms with Gasteiger partial charge >= 0.3 is 5.69 Å². The first-order chi connectivity index (χ1) is 7.59. The topological polar surface area (TPSA) is 59.3 Å². The molecule has 0 saturated heterocycles. The fourth-order valence-corrected chi connectivity index (χ4v) is 2.09. The van der Waals surface area contributed by atoms with Crippen molar-refractivity contribution in [2.75, 3.05) is 11.9 Å². The van der Waals surface area contributed by atoms with Crippen molar-refractivity contribution >= 4 is 27.4 Å². The van der Waals surface area contributed by atoms with Gasteiger partial charge in [-0.3, -0.25) is 10.1 Å². The number of nitro groups is 1. The molecule has 0 aliphatic heterocycles. The standard InChI is InChI=1S/C10H12BrN3O2/c1-13(8-3-2-4-8)10-9(14(15)16)5-7(11)6-12-10/h5-6,8H,2-4H2,1H3. The van der Waals surface area contributed by atoms with E-state index in [-0.39, 0.29) is 10.6 Å². The first-order valence-corrected chi connectivity index (χ1v) is 5.91. The zero-order chi connectivity index (χ0) is 11.7. The van der Waals surface area contributed by atoms with Crippen LogP contribution in [0.5, 0.6) is 0 Å². The molecular formula is C10H12BrN3O2. The molecule has 1 saturated carbocycles. The summed E-state index contributed by atoms with van der Waals surface area (Å²) in [7, 11) is 1.87. The molecule has 1 aromatic heterocycles. The number of aromatic nitrogens is 1. The summed E-state index contributed by atoms with van der Waals surface area (Å²) >= 11 is 3.20. The van der Waals surface area contributed by atoms with Crippen molar-refractivity contribution in [1.29, 1.82) is 0 Å². The van der Waals surface area contributed by atoms with Gasteiger partial charge in [0.1, 0.15) is 0 Å². The van der Waals surface area contributed by atoms with Crippen molar-refractivity contribution in [3.05, 3.63) is 26.9 Å². The molecule has 1 heterocycles. The molecule has 5 nitrogen and oxygen atoms in total. The van der Waals surface area contributed by atoms with Crippen LogP contribution in [0.1, 0.15) is 19.3 Å². The first-order valence-electron chi connectivity index (χ1n) is 5.12. The second kappa shape index (κ2) is 4.37. The predicted octanol–water partition coefficient (Wildman–Crippen LogP) is 2.74. The molecular weight excluding hydrogens is 274 g/mol. The number of halogens is 1. The van der Waals surface area contributed by atoms with Crippen LogP contribution in [0.2, 0.25) is 0 Å². The van der Waals surface area contributed by atoms with Gasteiger partial charge in [-0.2, -0.15) is 0 Å². The highest BCUT2D eigenvalue weighted by molar-refractivity contribution is 9.10. The molecule has 0 atom stereocenters. The van der Waals surface area contributed by atoms with Crippen LogP contribution in [0.4, 0.5) is 11.5 Å². The Bertz CT molecular complexity index is 421. The number of pyridine rings is 1. The minimum Gasteiger partial charge on any atom is -0.351 e. The molecule has 1 fully saturated rings. The third-order valence-corrected chi connectivity index (χ3v) is 3.40. The van der Waals surface area contributed by atoms with Crippen LogP contribution in [-0.2, 0) is 0 Å². The minimum absolute atomic E-state index is 0.0591. The quantitative estimate of drug-likeness (QED) is 0.633. The molecule has 1 aliphatic rings. The maximum absolute atomic E-state index is 10.9. The van der Waals surface area contributed by atoms with E-state index >= 15 is 0 Å². The zero-order valence-corrected chi connectivity index (χ0v) is 10.5. The molecule has 16 heavy (non-hydrogen) atoms. The molecule has 6 heteroatoms. The second-order valence-electron chi connectivity index (χ2n) is 3.95. The second-order valence-corrected chi connectivity index (χ2v) is 4.86. The normalized spacial score (nSPS) is 15.6. The Morgan fingerprint density at radius 2 is 2.31 bits per heavy atom. The summed E-state index contributed by atoms with van der Waals surface area (Å²) in [6, 6.07) is 1.89. The molecule has 0 bridgehead atoms. The lowest BCUT2D eigenvalue weighted by molar-refractivity contribution is -0.384. The van der Waals surface area contributed by atoms with Gasteiger partial charge in [0.2, 0.25) is 5.82 Å². The Kier molecular flexibility index (Phi) is 3.09. The zero-order valence-electron chi connectivity index (χ0n) is 8.89. The number of nitrogens with zero attached hydrogens (tertiary/aromatic N) is 3. The Labute approximate surface area is 102 Å². The van der Waals surface area contributed by atoms with E-state index in [4.69, 9.17) is 0 Å². The molecule has 2 rings (SSSR count). The van der Waals surface area contributed by atoms with E-state index in [1.165, 1.54) is 12.5 Å². The van der Waals surface area contributed by atoms with Crippen LogP contribution < -0.4 is 4.90 Å². The van der Waals surface area contributed by atoms with Gasteiger partial charge in [-0.1, -0.05) is 0 Å². The van der Waals surface area contributed by atoms with Crippen molar-refractivity contribution in [3.63, 3.8) is 0 Å². The lowest BCUT2D eigenvalue weighted by atomic mass is 9.92. The van der Waals surface area contributed by atoms with E-state index in [0.717, 1.165) is 12.8 Å². The summed E-state index contributed by atoms with van der Waals surface area (Å²) in [4.78, 5) is 16.6. The lowest BCUT2D eigenvalue weighted by Gasteiger charge is -2.35. The Morgan fingerprint density at radius 3 is 2.81 bits per heavy atom. The lowest BCUT2D eigenvalue weighted by Crippen LogP contribution is -2.37. The van der Waals surface area contributed by atoms with Crippen molar-refractivity contribution in [3.8, 4) is 0 Å². The van der Waals surface area contributed by atoms with Gasteiger partial charge in [-0.05, 0) is 35.2 Å². The van der Waals surface area contributed by atoms with Crippen LogP contribution in [0, 0.1) is 10.1 Å². The van der Waals surface area contributed by atoms with Crippen molar-refractivity contribution < 1.29 is 4.92 Å². The SMILES string of the molecule is CN(c1ncc(Br)cc1[N+](=O)[O-])C1CCC1. The molecule has 0 unspecified atom stereocenters. The van der Waals surface area contributed by atoms with E-state index < -0.39 is 0 Å². The fourth-order valence-electron chi connectivity index (χ4n) is 1.77. The molecule has 0 radical (unpaired) electrons. The van der Waals surface area contributed by atoms with E-state index in [1.54, 1.807) is 6.20 Å². The van der Waals surface area contributed by atoms with Crippen molar-refractivity contribution in [1.82, 2.24) is 4.98 Å².